The van der Waals surface area contributed by atoms with Crippen LogP contribution < -0.4 is 0 Å². The zero-order valence-electron chi connectivity index (χ0n) is 9.03. The van der Waals surface area contributed by atoms with Gasteiger partial charge in [-0.05, 0) is 18.1 Å². The van der Waals surface area contributed by atoms with Gasteiger partial charge in [-0.3, -0.25) is 4.79 Å². The monoisotopic (exact) mass is 216 g/mol. The van der Waals surface area contributed by atoms with Crippen molar-refractivity contribution >= 4 is 17.3 Å². The van der Waals surface area contributed by atoms with E-state index in [0.717, 1.165) is 11.1 Å². The van der Waals surface area contributed by atoms with Gasteiger partial charge in [0, 0.05) is 18.1 Å². The van der Waals surface area contributed by atoms with E-state index < -0.39 is 0 Å². The van der Waals surface area contributed by atoms with Crippen molar-refractivity contribution in [3.8, 4) is 0 Å². The van der Waals surface area contributed by atoms with Crippen LogP contribution in [0.2, 0.25) is 0 Å². The van der Waals surface area contributed by atoms with E-state index >= 15 is 0 Å². The number of carbonyl (C=O) groups excluding carboxylic acids is 2. The Labute approximate surface area is 93.7 Å². The van der Waals surface area contributed by atoms with Crippen LogP contribution >= 0.6 is 0 Å². The molecule has 1 aliphatic carbocycles. The summed E-state index contributed by atoms with van der Waals surface area (Å²) >= 11 is 0. The molecule has 0 amide bonds. The topological polar surface area (TPSA) is 43.4 Å². The zero-order valence-corrected chi connectivity index (χ0v) is 9.03. The van der Waals surface area contributed by atoms with Crippen molar-refractivity contribution < 1.29 is 14.3 Å². The molecule has 0 saturated carbocycles. The molecule has 2 rings (SSSR count). The molecule has 0 bridgehead atoms. The highest BCUT2D eigenvalue weighted by molar-refractivity contribution is 6.14. The molecule has 16 heavy (non-hydrogen) atoms. The van der Waals surface area contributed by atoms with Crippen LogP contribution in [0.25, 0.3) is 5.57 Å². The fourth-order valence-electron chi connectivity index (χ4n) is 1.82. The SMILES string of the molecule is CCOC(=O)C=C1CC(=O)c2ccccc21. The van der Waals surface area contributed by atoms with E-state index in [1.54, 1.807) is 13.0 Å². The predicted octanol–water partition coefficient (Wildman–Crippen LogP) is 2.22. The minimum atomic E-state index is -0.387. The molecule has 0 saturated heterocycles. The quantitative estimate of drug-likeness (QED) is 0.562. The van der Waals surface area contributed by atoms with Crippen molar-refractivity contribution in [1.29, 1.82) is 0 Å². The molecule has 0 spiro atoms. The molecule has 1 aromatic rings. The first kappa shape index (κ1) is 10.6. The highest BCUT2D eigenvalue weighted by Crippen LogP contribution is 2.31. The van der Waals surface area contributed by atoms with Gasteiger partial charge in [0.2, 0.25) is 0 Å². The van der Waals surface area contributed by atoms with E-state index in [2.05, 4.69) is 0 Å². The summed E-state index contributed by atoms with van der Waals surface area (Å²) in [7, 11) is 0. The van der Waals surface area contributed by atoms with E-state index in [-0.39, 0.29) is 18.2 Å². The summed E-state index contributed by atoms with van der Waals surface area (Å²) in [6.45, 7) is 2.10. The number of fused-ring (bicyclic) bond motifs is 1. The molecule has 0 N–H and O–H groups in total. The van der Waals surface area contributed by atoms with E-state index in [4.69, 9.17) is 4.74 Å². The van der Waals surface area contributed by atoms with Gasteiger partial charge in [0.15, 0.2) is 5.78 Å². The van der Waals surface area contributed by atoms with Crippen molar-refractivity contribution in [3.05, 3.63) is 41.5 Å². The first-order chi connectivity index (χ1) is 7.72. The summed E-state index contributed by atoms with van der Waals surface area (Å²) in [5.41, 5.74) is 2.29. The van der Waals surface area contributed by atoms with Gasteiger partial charge in [-0.1, -0.05) is 24.3 Å². The van der Waals surface area contributed by atoms with Gasteiger partial charge in [-0.15, -0.1) is 0 Å². The third-order valence-corrected chi connectivity index (χ3v) is 2.50. The van der Waals surface area contributed by atoms with Crippen LogP contribution in [0.1, 0.15) is 29.3 Å². The molecule has 1 aromatic carbocycles. The van der Waals surface area contributed by atoms with Crippen LogP contribution in [0.4, 0.5) is 0 Å². The Morgan fingerprint density at radius 1 is 1.38 bits per heavy atom. The highest BCUT2D eigenvalue weighted by atomic mass is 16.5. The van der Waals surface area contributed by atoms with Gasteiger partial charge < -0.3 is 4.74 Å². The fraction of sp³-hybridized carbons (Fsp3) is 0.231. The Hall–Kier alpha value is -1.90. The third kappa shape index (κ3) is 1.89. The molecule has 0 heterocycles. The second-order valence-corrected chi connectivity index (χ2v) is 3.57. The number of benzene rings is 1. The van der Waals surface area contributed by atoms with Gasteiger partial charge >= 0.3 is 5.97 Å². The fourth-order valence-corrected chi connectivity index (χ4v) is 1.82. The van der Waals surface area contributed by atoms with Crippen LogP contribution in [0, 0.1) is 0 Å². The number of rotatable bonds is 2. The number of allylic oxidation sites excluding steroid dienone is 1. The lowest BCUT2D eigenvalue weighted by Gasteiger charge is -1.99. The van der Waals surface area contributed by atoms with Crippen LogP contribution in [-0.2, 0) is 9.53 Å². The Bertz CT molecular complexity index is 472. The number of hydrogen-bond donors (Lipinski definition) is 0. The molecule has 0 aromatic heterocycles. The Morgan fingerprint density at radius 2 is 2.06 bits per heavy atom. The van der Waals surface area contributed by atoms with E-state index in [1.807, 2.05) is 18.2 Å². The number of carbonyl (C=O) groups is 2. The van der Waals surface area contributed by atoms with Gasteiger partial charge in [-0.25, -0.2) is 4.79 Å². The Balaban J connectivity index is 2.34. The number of ketones is 1. The van der Waals surface area contributed by atoms with Gasteiger partial charge in [0.25, 0.3) is 0 Å². The van der Waals surface area contributed by atoms with Crippen molar-refractivity contribution in [1.82, 2.24) is 0 Å². The normalized spacial score (nSPS) is 16.3. The maximum Gasteiger partial charge on any atom is 0.331 e. The van der Waals surface area contributed by atoms with Gasteiger partial charge in [0.05, 0.1) is 6.61 Å². The molecular weight excluding hydrogens is 204 g/mol. The average molecular weight is 216 g/mol. The third-order valence-electron chi connectivity index (χ3n) is 2.50. The van der Waals surface area contributed by atoms with Crippen molar-refractivity contribution in [2.45, 2.75) is 13.3 Å². The molecule has 0 fully saturated rings. The maximum atomic E-state index is 11.6. The number of Topliss-reactive ketones (excluding diaryl/α,β-unsaturated/α-hetero) is 1. The Kier molecular flexibility index (Phi) is 2.86. The molecule has 0 aliphatic heterocycles. The zero-order chi connectivity index (χ0) is 11.5. The minimum Gasteiger partial charge on any atom is -0.463 e. The van der Waals surface area contributed by atoms with Gasteiger partial charge in [0.1, 0.15) is 0 Å². The van der Waals surface area contributed by atoms with Crippen LogP contribution in [0.5, 0.6) is 0 Å². The molecule has 3 nitrogen and oxygen atoms in total. The van der Waals surface area contributed by atoms with Crippen LogP contribution in [0.15, 0.2) is 30.3 Å². The second-order valence-electron chi connectivity index (χ2n) is 3.57. The summed E-state index contributed by atoms with van der Waals surface area (Å²) < 4.78 is 4.83. The predicted molar refractivity (Wildman–Crippen MR) is 60.0 cm³/mol. The standard InChI is InChI=1S/C13H12O3/c1-2-16-13(15)8-9-7-12(14)11-6-4-3-5-10(9)11/h3-6,8H,2,7H2,1H3. The summed E-state index contributed by atoms with van der Waals surface area (Å²) in [5, 5.41) is 0. The van der Waals surface area contributed by atoms with E-state index in [0.29, 0.717) is 12.2 Å². The van der Waals surface area contributed by atoms with Crippen LogP contribution in [-0.4, -0.2) is 18.4 Å². The molecular formula is C13H12O3. The lowest BCUT2D eigenvalue weighted by Crippen LogP contribution is -2.00. The first-order valence-electron chi connectivity index (χ1n) is 5.22. The summed E-state index contributed by atoms with van der Waals surface area (Å²) in [6.07, 6.45) is 1.70. The second kappa shape index (κ2) is 4.31. The minimum absolute atomic E-state index is 0.0612. The average Bonchev–Trinajstić information content (AvgIpc) is 2.57. The first-order valence-corrected chi connectivity index (χ1v) is 5.22. The number of esters is 1. The summed E-state index contributed by atoms with van der Waals surface area (Å²) in [4.78, 5) is 22.9. The summed E-state index contributed by atoms with van der Waals surface area (Å²) in [6, 6.07) is 7.31. The number of hydrogen-bond acceptors (Lipinski definition) is 3. The largest absolute Gasteiger partial charge is 0.463 e. The van der Waals surface area contributed by atoms with Crippen molar-refractivity contribution in [2.75, 3.05) is 6.61 Å². The molecule has 0 atom stereocenters. The summed E-state index contributed by atoms with van der Waals surface area (Å²) in [5.74, 6) is -0.326. The molecule has 1 aliphatic rings. The molecule has 82 valence electrons. The Morgan fingerprint density at radius 3 is 2.75 bits per heavy atom. The number of ether oxygens (including phenoxy) is 1. The smallest absolute Gasteiger partial charge is 0.331 e. The van der Waals surface area contributed by atoms with Gasteiger partial charge in [-0.2, -0.15) is 0 Å². The van der Waals surface area contributed by atoms with E-state index in [1.165, 1.54) is 6.08 Å². The maximum absolute atomic E-state index is 11.6. The lowest BCUT2D eigenvalue weighted by atomic mass is 10.1. The highest BCUT2D eigenvalue weighted by Gasteiger charge is 2.23. The van der Waals surface area contributed by atoms with Crippen molar-refractivity contribution in [3.63, 3.8) is 0 Å². The molecule has 3 heteroatoms. The molecule has 0 radical (unpaired) electrons. The van der Waals surface area contributed by atoms with Crippen LogP contribution in [0.3, 0.4) is 0 Å². The van der Waals surface area contributed by atoms with Crippen molar-refractivity contribution in [2.24, 2.45) is 0 Å². The molecule has 0 unspecified atom stereocenters. The van der Waals surface area contributed by atoms with E-state index in [9.17, 15) is 9.59 Å². The lowest BCUT2D eigenvalue weighted by molar-refractivity contribution is -0.137.